The molecule has 6 heteroatoms. The minimum absolute atomic E-state index is 0.0873. The second-order valence-corrected chi connectivity index (χ2v) is 6.19. The maximum Gasteiger partial charge on any atom is 0.315 e. The van der Waals surface area contributed by atoms with Crippen molar-refractivity contribution in [3.8, 4) is 5.75 Å². The summed E-state index contributed by atoms with van der Waals surface area (Å²) in [6.07, 6.45) is 4.07. The lowest BCUT2D eigenvalue weighted by Gasteiger charge is -2.26. The highest BCUT2D eigenvalue weighted by Gasteiger charge is 2.25. The van der Waals surface area contributed by atoms with E-state index in [1.165, 1.54) is 12.8 Å². The molecular weight excluding hydrogens is 318 g/mol. The molecule has 1 aromatic carbocycles. The summed E-state index contributed by atoms with van der Waals surface area (Å²) in [5.74, 6) is 1.71. The second kappa shape index (κ2) is 8.58. The van der Waals surface area contributed by atoms with E-state index in [1.807, 2.05) is 36.4 Å². The van der Waals surface area contributed by atoms with Gasteiger partial charge in [-0.25, -0.2) is 4.79 Å². The van der Waals surface area contributed by atoms with Gasteiger partial charge < -0.3 is 19.8 Å². The molecule has 0 bridgehead atoms. The summed E-state index contributed by atoms with van der Waals surface area (Å²) in [5, 5.41) is 5.85. The Balaban J connectivity index is 1.49. The minimum atomic E-state index is -0.174. The molecule has 0 saturated carbocycles. The predicted molar refractivity (Wildman–Crippen MR) is 95.5 cm³/mol. The largest absolute Gasteiger partial charge is 0.497 e. The molecule has 3 rings (SSSR count). The third kappa shape index (κ3) is 4.76. The van der Waals surface area contributed by atoms with Crippen molar-refractivity contribution in [3.05, 3.63) is 54.0 Å². The maximum absolute atomic E-state index is 12.1. The Morgan fingerprint density at radius 2 is 1.96 bits per heavy atom. The Morgan fingerprint density at radius 1 is 1.20 bits per heavy atom. The fourth-order valence-corrected chi connectivity index (χ4v) is 3.12. The first-order chi connectivity index (χ1) is 12.3. The standard InChI is InChI=1S/C19H25N3O3/c1-24-16-8-6-15(7-9-16)13-20-19(23)21-14-17(18-5-4-12-25-18)22-10-2-3-11-22/h4-9,12,17H,2-3,10-11,13-14H2,1H3,(H2,20,21,23). The average Bonchev–Trinajstić information content (AvgIpc) is 3.35. The highest BCUT2D eigenvalue weighted by molar-refractivity contribution is 5.73. The molecule has 134 valence electrons. The number of furan rings is 1. The van der Waals surface area contributed by atoms with Crippen LogP contribution in [-0.2, 0) is 6.54 Å². The number of rotatable bonds is 7. The highest BCUT2D eigenvalue weighted by Crippen LogP contribution is 2.24. The third-order valence-electron chi connectivity index (χ3n) is 4.52. The number of carbonyl (C=O) groups excluding carboxylic acids is 1. The lowest BCUT2D eigenvalue weighted by atomic mass is 10.2. The number of hydrogen-bond acceptors (Lipinski definition) is 4. The summed E-state index contributed by atoms with van der Waals surface area (Å²) in [6.45, 7) is 3.09. The Bertz CT molecular complexity index is 649. The van der Waals surface area contributed by atoms with Gasteiger partial charge in [0.1, 0.15) is 11.5 Å². The van der Waals surface area contributed by atoms with Crippen LogP contribution < -0.4 is 15.4 Å². The zero-order chi connectivity index (χ0) is 17.5. The van der Waals surface area contributed by atoms with Gasteiger partial charge in [0.15, 0.2) is 0 Å². The van der Waals surface area contributed by atoms with E-state index in [2.05, 4.69) is 15.5 Å². The van der Waals surface area contributed by atoms with E-state index in [-0.39, 0.29) is 12.1 Å². The predicted octanol–water partition coefficient (Wildman–Crippen LogP) is 2.92. The number of amides is 2. The van der Waals surface area contributed by atoms with Crippen molar-refractivity contribution in [1.82, 2.24) is 15.5 Å². The third-order valence-corrected chi connectivity index (χ3v) is 4.52. The Labute approximate surface area is 148 Å². The molecule has 2 aromatic rings. The van der Waals surface area contributed by atoms with Crippen molar-refractivity contribution in [2.75, 3.05) is 26.7 Å². The zero-order valence-electron chi connectivity index (χ0n) is 14.5. The number of nitrogens with one attached hydrogen (secondary N) is 2. The van der Waals surface area contributed by atoms with Gasteiger partial charge in [0.25, 0.3) is 0 Å². The monoisotopic (exact) mass is 343 g/mol. The van der Waals surface area contributed by atoms with Crippen molar-refractivity contribution in [2.24, 2.45) is 0 Å². The Hall–Kier alpha value is -2.47. The Morgan fingerprint density at radius 3 is 2.60 bits per heavy atom. The number of carbonyl (C=O) groups is 1. The molecule has 2 amide bonds. The van der Waals surface area contributed by atoms with Crippen LogP contribution in [0.2, 0.25) is 0 Å². The van der Waals surface area contributed by atoms with Crippen LogP contribution in [0.3, 0.4) is 0 Å². The zero-order valence-corrected chi connectivity index (χ0v) is 14.5. The van der Waals surface area contributed by atoms with Crippen molar-refractivity contribution in [1.29, 1.82) is 0 Å². The quantitative estimate of drug-likeness (QED) is 0.811. The number of nitrogens with zero attached hydrogens (tertiary/aromatic N) is 1. The SMILES string of the molecule is COc1ccc(CNC(=O)NCC(c2ccco2)N2CCCC2)cc1. The van der Waals surface area contributed by atoms with Crippen molar-refractivity contribution in [2.45, 2.75) is 25.4 Å². The summed E-state index contributed by atoms with van der Waals surface area (Å²) in [7, 11) is 1.64. The molecule has 2 heterocycles. The van der Waals surface area contributed by atoms with Gasteiger partial charge >= 0.3 is 6.03 Å². The summed E-state index contributed by atoms with van der Waals surface area (Å²) in [5.41, 5.74) is 1.03. The van der Waals surface area contributed by atoms with Crippen molar-refractivity contribution in [3.63, 3.8) is 0 Å². The number of urea groups is 1. The van der Waals surface area contributed by atoms with E-state index in [0.29, 0.717) is 13.1 Å². The number of hydrogen-bond donors (Lipinski definition) is 2. The van der Waals surface area contributed by atoms with Gasteiger partial charge in [0.05, 0.1) is 19.4 Å². The fraction of sp³-hybridized carbons (Fsp3) is 0.421. The van der Waals surface area contributed by atoms with Crippen LogP contribution in [0.1, 0.15) is 30.2 Å². The molecular formula is C19H25N3O3. The summed E-state index contributed by atoms with van der Waals surface area (Å²) in [6, 6.07) is 11.4. The van der Waals surface area contributed by atoms with E-state index in [0.717, 1.165) is 30.2 Å². The molecule has 1 aromatic heterocycles. The van der Waals surface area contributed by atoms with Crippen LogP contribution in [0.5, 0.6) is 5.75 Å². The molecule has 2 N–H and O–H groups in total. The topological polar surface area (TPSA) is 66.7 Å². The molecule has 6 nitrogen and oxygen atoms in total. The van der Waals surface area contributed by atoms with Gasteiger partial charge in [-0.2, -0.15) is 0 Å². The van der Waals surface area contributed by atoms with E-state index < -0.39 is 0 Å². The summed E-state index contributed by atoms with van der Waals surface area (Å²) in [4.78, 5) is 14.5. The lowest BCUT2D eigenvalue weighted by molar-refractivity contribution is 0.203. The van der Waals surface area contributed by atoms with Crippen LogP contribution >= 0.6 is 0 Å². The first kappa shape index (κ1) is 17.4. The molecule has 1 aliphatic rings. The number of ether oxygens (including phenoxy) is 1. The molecule has 1 aliphatic heterocycles. The van der Waals surface area contributed by atoms with Gasteiger partial charge in [0, 0.05) is 13.1 Å². The van der Waals surface area contributed by atoms with Crippen LogP contribution in [0.25, 0.3) is 0 Å². The number of likely N-dealkylation sites (tertiary alicyclic amines) is 1. The molecule has 1 saturated heterocycles. The van der Waals surface area contributed by atoms with Crippen LogP contribution in [-0.4, -0.2) is 37.7 Å². The first-order valence-corrected chi connectivity index (χ1v) is 8.68. The molecule has 0 aliphatic carbocycles. The highest BCUT2D eigenvalue weighted by atomic mass is 16.5. The second-order valence-electron chi connectivity index (χ2n) is 6.19. The average molecular weight is 343 g/mol. The smallest absolute Gasteiger partial charge is 0.315 e. The van der Waals surface area contributed by atoms with Gasteiger partial charge in [-0.05, 0) is 55.8 Å². The van der Waals surface area contributed by atoms with Gasteiger partial charge in [-0.1, -0.05) is 12.1 Å². The minimum Gasteiger partial charge on any atom is -0.497 e. The van der Waals surface area contributed by atoms with Crippen LogP contribution in [0.15, 0.2) is 47.1 Å². The van der Waals surface area contributed by atoms with Crippen molar-refractivity contribution < 1.29 is 13.9 Å². The first-order valence-electron chi connectivity index (χ1n) is 8.68. The molecule has 1 unspecified atom stereocenters. The fourth-order valence-electron chi connectivity index (χ4n) is 3.12. The van der Waals surface area contributed by atoms with Gasteiger partial charge in [-0.15, -0.1) is 0 Å². The lowest BCUT2D eigenvalue weighted by Crippen LogP contribution is -2.41. The van der Waals surface area contributed by atoms with E-state index in [4.69, 9.17) is 9.15 Å². The van der Waals surface area contributed by atoms with E-state index in [9.17, 15) is 4.79 Å². The molecule has 1 fully saturated rings. The normalized spacial score (nSPS) is 15.7. The summed E-state index contributed by atoms with van der Waals surface area (Å²) >= 11 is 0. The van der Waals surface area contributed by atoms with E-state index in [1.54, 1.807) is 13.4 Å². The van der Waals surface area contributed by atoms with Crippen LogP contribution in [0, 0.1) is 0 Å². The van der Waals surface area contributed by atoms with Crippen LogP contribution in [0.4, 0.5) is 4.79 Å². The number of benzene rings is 1. The Kier molecular flexibility index (Phi) is 5.95. The molecule has 1 atom stereocenters. The number of methoxy groups -OCH3 is 1. The van der Waals surface area contributed by atoms with Gasteiger partial charge in [-0.3, -0.25) is 4.90 Å². The molecule has 0 spiro atoms. The molecule has 0 radical (unpaired) electrons. The summed E-state index contributed by atoms with van der Waals surface area (Å²) < 4.78 is 10.7. The molecule has 25 heavy (non-hydrogen) atoms. The maximum atomic E-state index is 12.1. The van der Waals surface area contributed by atoms with E-state index >= 15 is 0 Å². The van der Waals surface area contributed by atoms with Crippen molar-refractivity contribution >= 4 is 6.03 Å². The van der Waals surface area contributed by atoms with Gasteiger partial charge in [0.2, 0.25) is 0 Å².